The summed E-state index contributed by atoms with van der Waals surface area (Å²) >= 11 is 0. The van der Waals surface area contributed by atoms with Gasteiger partial charge in [-0.15, -0.1) is 0 Å². The third-order valence-corrected chi connectivity index (χ3v) is 3.61. The second-order valence-electron chi connectivity index (χ2n) is 4.97. The van der Waals surface area contributed by atoms with Crippen LogP contribution in [0.15, 0.2) is 0 Å². The molecule has 2 nitrogen and oxygen atoms in total. The van der Waals surface area contributed by atoms with E-state index in [-0.39, 0.29) is 5.60 Å². The van der Waals surface area contributed by atoms with Crippen LogP contribution in [0.5, 0.6) is 0 Å². The van der Waals surface area contributed by atoms with Crippen LogP contribution in [-0.4, -0.2) is 23.3 Å². The highest BCUT2D eigenvalue weighted by atomic mass is 16.3. The number of hydrogen-bond acceptors (Lipinski definition) is 2. The first-order chi connectivity index (χ1) is 6.21. The van der Waals surface area contributed by atoms with Gasteiger partial charge in [0, 0.05) is 6.04 Å². The summed E-state index contributed by atoms with van der Waals surface area (Å²) in [7, 11) is 0. The summed E-state index contributed by atoms with van der Waals surface area (Å²) in [6, 6.07) is 0.381. The van der Waals surface area contributed by atoms with Crippen LogP contribution in [0.1, 0.15) is 45.4 Å². The van der Waals surface area contributed by atoms with Gasteiger partial charge < -0.3 is 10.4 Å². The minimum Gasteiger partial charge on any atom is -0.388 e. The van der Waals surface area contributed by atoms with E-state index < -0.39 is 0 Å². The molecule has 0 aromatic rings. The first-order valence-corrected chi connectivity index (χ1v) is 5.66. The molecule has 1 unspecified atom stereocenters. The molecule has 0 spiro atoms. The van der Waals surface area contributed by atoms with Crippen LogP contribution in [0.4, 0.5) is 0 Å². The minimum atomic E-state index is -0.357. The van der Waals surface area contributed by atoms with Crippen molar-refractivity contribution >= 4 is 0 Å². The van der Waals surface area contributed by atoms with E-state index in [1.54, 1.807) is 0 Å². The molecule has 1 saturated heterocycles. The summed E-state index contributed by atoms with van der Waals surface area (Å²) in [6.07, 6.45) is 7.07. The molecule has 2 aliphatic rings. The molecule has 0 aromatic heterocycles. The highest BCUT2D eigenvalue weighted by Crippen LogP contribution is 2.41. The molecule has 0 bridgehead atoms. The van der Waals surface area contributed by atoms with Crippen LogP contribution in [0.3, 0.4) is 0 Å². The van der Waals surface area contributed by atoms with Crippen LogP contribution in [0, 0.1) is 5.92 Å². The SMILES string of the molecule is CC1CC(O)(C2CCCCCN2)C1. The fourth-order valence-electron chi connectivity index (χ4n) is 2.92. The van der Waals surface area contributed by atoms with Gasteiger partial charge in [-0.1, -0.05) is 19.8 Å². The Balaban J connectivity index is 1.91. The lowest BCUT2D eigenvalue weighted by molar-refractivity contribution is -0.0961. The van der Waals surface area contributed by atoms with Gasteiger partial charge in [0.1, 0.15) is 0 Å². The molecule has 2 fully saturated rings. The van der Waals surface area contributed by atoms with E-state index in [0.717, 1.165) is 25.3 Å². The minimum absolute atomic E-state index is 0.357. The Bertz CT molecular complexity index is 167. The summed E-state index contributed by atoms with van der Waals surface area (Å²) in [5.74, 6) is 0.732. The highest BCUT2D eigenvalue weighted by molar-refractivity contribution is 5.01. The Morgan fingerprint density at radius 1 is 1.23 bits per heavy atom. The van der Waals surface area contributed by atoms with Crippen molar-refractivity contribution in [1.82, 2.24) is 5.32 Å². The Kier molecular flexibility index (Phi) is 2.61. The summed E-state index contributed by atoms with van der Waals surface area (Å²) < 4.78 is 0. The van der Waals surface area contributed by atoms with Crippen LogP contribution < -0.4 is 5.32 Å². The highest BCUT2D eigenvalue weighted by Gasteiger charge is 2.45. The molecule has 1 aliphatic heterocycles. The van der Waals surface area contributed by atoms with Crippen molar-refractivity contribution in [2.45, 2.75) is 57.1 Å². The molecule has 1 saturated carbocycles. The maximum absolute atomic E-state index is 10.3. The van der Waals surface area contributed by atoms with E-state index in [1.165, 1.54) is 25.7 Å². The number of aliphatic hydroxyl groups is 1. The maximum atomic E-state index is 10.3. The molecule has 76 valence electrons. The van der Waals surface area contributed by atoms with Crippen molar-refractivity contribution in [2.24, 2.45) is 5.92 Å². The molecule has 0 amide bonds. The topological polar surface area (TPSA) is 32.3 Å². The molecule has 2 N–H and O–H groups in total. The monoisotopic (exact) mass is 183 g/mol. The lowest BCUT2D eigenvalue weighted by atomic mass is 9.67. The lowest BCUT2D eigenvalue weighted by Gasteiger charge is -2.47. The fourth-order valence-corrected chi connectivity index (χ4v) is 2.92. The molecule has 0 aromatic carbocycles. The summed E-state index contributed by atoms with van der Waals surface area (Å²) in [5.41, 5.74) is -0.357. The Labute approximate surface area is 80.7 Å². The van der Waals surface area contributed by atoms with Gasteiger partial charge in [-0.3, -0.25) is 0 Å². The molecule has 2 rings (SSSR count). The van der Waals surface area contributed by atoms with E-state index in [0.29, 0.717) is 6.04 Å². The van der Waals surface area contributed by atoms with Gasteiger partial charge in [-0.25, -0.2) is 0 Å². The summed E-state index contributed by atoms with van der Waals surface area (Å²) in [4.78, 5) is 0. The Morgan fingerprint density at radius 3 is 2.69 bits per heavy atom. The van der Waals surface area contributed by atoms with E-state index in [9.17, 15) is 5.11 Å². The van der Waals surface area contributed by atoms with Gasteiger partial charge in [0.05, 0.1) is 5.60 Å². The molecule has 1 heterocycles. The first-order valence-electron chi connectivity index (χ1n) is 5.66. The van der Waals surface area contributed by atoms with Crippen molar-refractivity contribution in [3.05, 3.63) is 0 Å². The van der Waals surface area contributed by atoms with E-state index in [2.05, 4.69) is 12.2 Å². The molecule has 0 radical (unpaired) electrons. The van der Waals surface area contributed by atoms with Gasteiger partial charge in [0.15, 0.2) is 0 Å². The number of rotatable bonds is 1. The van der Waals surface area contributed by atoms with Crippen molar-refractivity contribution in [1.29, 1.82) is 0 Å². The lowest BCUT2D eigenvalue weighted by Crippen LogP contribution is -2.57. The number of nitrogens with one attached hydrogen (secondary N) is 1. The standard InChI is InChI=1S/C11H21NO/c1-9-7-11(13,8-9)10-5-3-2-4-6-12-10/h9-10,12-13H,2-8H2,1H3. The molecular formula is C11H21NO. The zero-order valence-corrected chi connectivity index (χ0v) is 8.55. The predicted octanol–water partition coefficient (Wildman–Crippen LogP) is 1.68. The number of hydrogen-bond donors (Lipinski definition) is 2. The largest absolute Gasteiger partial charge is 0.388 e. The second kappa shape index (κ2) is 3.58. The van der Waals surface area contributed by atoms with Gasteiger partial charge in [0.25, 0.3) is 0 Å². The van der Waals surface area contributed by atoms with E-state index in [1.807, 2.05) is 0 Å². The Morgan fingerprint density at radius 2 is 2.00 bits per heavy atom. The quantitative estimate of drug-likeness (QED) is 0.648. The molecule has 13 heavy (non-hydrogen) atoms. The van der Waals surface area contributed by atoms with Gasteiger partial charge in [-0.05, 0) is 38.1 Å². The molecule has 2 heteroatoms. The molecule has 1 atom stereocenters. The van der Waals surface area contributed by atoms with Gasteiger partial charge in [0.2, 0.25) is 0 Å². The zero-order chi connectivity index (χ0) is 9.31. The van der Waals surface area contributed by atoms with Crippen LogP contribution >= 0.6 is 0 Å². The van der Waals surface area contributed by atoms with Crippen LogP contribution in [0.25, 0.3) is 0 Å². The second-order valence-corrected chi connectivity index (χ2v) is 4.97. The van der Waals surface area contributed by atoms with Crippen LogP contribution in [-0.2, 0) is 0 Å². The van der Waals surface area contributed by atoms with Gasteiger partial charge in [-0.2, -0.15) is 0 Å². The van der Waals surface area contributed by atoms with Crippen molar-refractivity contribution in [2.75, 3.05) is 6.54 Å². The van der Waals surface area contributed by atoms with Gasteiger partial charge >= 0.3 is 0 Å². The van der Waals surface area contributed by atoms with Crippen molar-refractivity contribution < 1.29 is 5.11 Å². The third-order valence-electron chi connectivity index (χ3n) is 3.61. The average Bonchev–Trinajstić information content (AvgIpc) is 2.28. The van der Waals surface area contributed by atoms with E-state index >= 15 is 0 Å². The third kappa shape index (κ3) is 1.89. The summed E-state index contributed by atoms with van der Waals surface area (Å²) in [6.45, 7) is 3.33. The first kappa shape index (κ1) is 9.47. The van der Waals surface area contributed by atoms with Crippen molar-refractivity contribution in [3.8, 4) is 0 Å². The van der Waals surface area contributed by atoms with E-state index in [4.69, 9.17) is 0 Å². The molecule has 1 aliphatic carbocycles. The average molecular weight is 183 g/mol. The molecular weight excluding hydrogens is 162 g/mol. The van der Waals surface area contributed by atoms with Crippen molar-refractivity contribution in [3.63, 3.8) is 0 Å². The zero-order valence-electron chi connectivity index (χ0n) is 8.55. The van der Waals surface area contributed by atoms with Crippen LogP contribution in [0.2, 0.25) is 0 Å². The summed E-state index contributed by atoms with van der Waals surface area (Å²) in [5, 5.41) is 13.8. The normalized spacial score (nSPS) is 46.6. The Hall–Kier alpha value is -0.0800. The maximum Gasteiger partial charge on any atom is 0.0805 e. The predicted molar refractivity (Wildman–Crippen MR) is 53.6 cm³/mol. The fraction of sp³-hybridized carbons (Fsp3) is 1.00. The smallest absolute Gasteiger partial charge is 0.0805 e.